The predicted molar refractivity (Wildman–Crippen MR) is 53.9 cm³/mol. The Bertz CT molecular complexity index is 257. The Kier molecular flexibility index (Phi) is 2.71. The van der Waals surface area contributed by atoms with Crippen molar-refractivity contribution >= 4 is 11.6 Å². The van der Waals surface area contributed by atoms with Gasteiger partial charge in [0.25, 0.3) is 0 Å². The van der Waals surface area contributed by atoms with E-state index in [2.05, 4.69) is 0 Å². The molecule has 0 radical (unpaired) electrons. The number of carbonyl (C=O) groups is 2. The molecule has 3 atom stereocenters. The molecule has 0 spiro atoms. The van der Waals surface area contributed by atoms with Crippen LogP contribution in [0.1, 0.15) is 45.4 Å². The minimum atomic E-state index is -0.255. The zero-order valence-electron chi connectivity index (χ0n) is 8.79. The summed E-state index contributed by atoms with van der Waals surface area (Å²) in [5, 5.41) is 0. The van der Waals surface area contributed by atoms with Gasteiger partial charge < -0.3 is 0 Å². The Hall–Kier alpha value is -0.660. The molecular weight excluding hydrogens is 176 g/mol. The van der Waals surface area contributed by atoms with Gasteiger partial charge in [0, 0.05) is 5.92 Å². The third-order valence-corrected chi connectivity index (χ3v) is 3.93. The van der Waals surface area contributed by atoms with Gasteiger partial charge in [-0.15, -0.1) is 0 Å². The summed E-state index contributed by atoms with van der Waals surface area (Å²) in [6, 6.07) is 0. The number of hydrogen-bond donors (Lipinski definition) is 0. The highest BCUT2D eigenvalue weighted by Gasteiger charge is 2.40. The molecule has 2 heteroatoms. The van der Waals surface area contributed by atoms with E-state index < -0.39 is 0 Å². The van der Waals surface area contributed by atoms with Crippen molar-refractivity contribution in [2.24, 2.45) is 17.8 Å². The van der Waals surface area contributed by atoms with Gasteiger partial charge in [-0.1, -0.05) is 12.8 Å². The monoisotopic (exact) mass is 194 g/mol. The lowest BCUT2D eigenvalue weighted by atomic mass is 9.66. The maximum atomic E-state index is 12.0. The maximum Gasteiger partial charge on any atom is 0.146 e. The molecule has 0 unspecified atom stereocenters. The van der Waals surface area contributed by atoms with Crippen molar-refractivity contribution in [2.45, 2.75) is 45.4 Å². The fraction of sp³-hybridized carbons (Fsp3) is 0.833. The average Bonchev–Trinajstić information content (AvgIpc) is 2.18. The Morgan fingerprint density at radius 3 is 2.57 bits per heavy atom. The Morgan fingerprint density at radius 1 is 1.14 bits per heavy atom. The van der Waals surface area contributed by atoms with E-state index in [1.165, 1.54) is 19.3 Å². The minimum absolute atomic E-state index is 0.0824. The summed E-state index contributed by atoms with van der Waals surface area (Å²) in [5.74, 6) is 0.917. The van der Waals surface area contributed by atoms with Crippen LogP contribution in [0.3, 0.4) is 0 Å². The van der Waals surface area contributed by atoms with E-state index >= 15 is 0 Å². The largest absolute Gasteiger partial charge is 0.299 e. The summed E-state index contributed by atoms with van der Waals surface area (Å²) >= 11 is 0. The van der Waals surface area contributed by atoms with Crippen LogP contribution in [-0.2, 0) is 9.59 Å². The van der Waals surface area contributed by atoms with Gasteiger partial charge in [-0.05, 0) is 38.5 Å². The lowest BCUT2D eigenvalue weighted by Crippen LogP contribution is -2.39. The highest BCUT2D eigenvalue weighted by molar-refractivity contribution is 6.02. The molecule has 2 aliphatic rings. The summed E-state index contributed by atoms with van der Waals surface area (Å²) in [4.78, 5) is 23.2. The molecule has 2 fully saturated rings. The van der Waals surface area contributed by atoms with E-state index in [9.17, 15) is 9.59 Å². The average molecular weight is 194 g/mol. The normalized spacial score (nSPS) is 37.8. The van der Waals surface area contributed by atoms with Gasteiger partial charge in [-0.25, -0.2) is 0 Å². The van der Waals surface area contributed by atoms with E-state index in [-0.39, 0.29) is 23.4 Å². The van der Waals surface area contributed by atoms with Crippen LogP contribution >= 0.6 is 0 Å². The molecule has 0 saturated heterocycles. The SMILES string of the molecule is CC(=O)[C@@H]1CC[C@H]2CCCC[C@@H]2C1=O. The molecule has 0 N–H and O–H groups in total. The standard InChI is InChI=1S/C12H18O2/c1-8(13)10-7-6-9-4-2-3-5-11(9)12(10)14/h9-11H,2-7H2,1H3/t9-,10+,11+/m1/s1. The van der Waals surface area contributed by atoms with E-state index in [0.29, 0.717) is 5.92 Å². The number of fused-ring (bicyclic) bond motifs is 1. The van der Waals surface area contributed by atoms with Crippen molar-refractivity contribution < 1.29 is 9.59 Å². The number of Topliss-reactive ketones (excluding diaryl/α,β-unsaturated/α-hetero) is 2. The molecule has 14 heavy (non-hydrogen) atoms. The number of rotatable bonds is 1. The van der Waals surface area contributed by atoms with Crippen LogP contribution in [0.25, 0.3) is 0 Å². The zero-order chi connectivity index (χ0) is 10.1. The summed E-state index contributed by atoms with van der Waals surface area (Å²) in [6.07, 6.45) is 6.61. The van der Waals surface area contributed by atoms with Crippen LogP contribution in [-0.4, -0.2) is 11.6 Å². The fourth-order valence-electron chi connectivity index (χ4n) is 3.11. The second kappa shape index (κ2) is 3.84. The van der Waals surface area contributed by atoms with Crippen molar-refractivity contribution in [2.75, 3.05) is 0 Å². The molecule has 2 nitrogen and oxygen atoms in total. The Morgan fingerprint density at radius 2 is 1.86 bits per heavy atom. The van der Waals surface area contributed by atoms with Gasteiger partial charge in [-0.3, -0.25) is 9.59 Å². The molecular formula is C12H18O2. The minimum Gasteiger partial charge on any atom is -0.299 e. The summed E-state index contributed by atoms with van der Waals surface area (Å²) in [7, 11) is 0. The molecule has 78 valence electrons. The highest BCUT2D eigenvalue weighted by atomic mass is 16.1. The summed E-state index contributed by atoms with van der Waals surface area (Å²) in [6.45, 7) is 1.56. The predicted octanol–water partition coefficient (Wildman–Crippen LogP) is 2.36. The molecule has 0 aliphatic heterocycles. The van der Waals surface area contributed by atoms with Crippen LogP contribution in [0.4, 0.5) is 0 Å². The quantitative estimate of drug-likeness (QED) is 0.600. The van der Waals surface area contributed by atoms with Crippen LogP contribution in [0, 0.1) is 17.8 Å². The smallest absolute Gasteiger partial charge is 0.146 e. The Balaban J connectivity index is 2.10. The van der Waals surface area contributed by atoms with Crippen molar-refractivity contribution in [3.05, 3.63) is 0 Å². The molecule has 0 aromatic carbocycles. The van der Waals surface area contributed by atoms with Gasteiger partial charge >= 0.3 is 0 Å². The maximum absolute atomic E-state index is 12.0. The second-order valence-electron chi connectivity index (χ2n) is 4.79. The molecule has 0 aromatic rings. The van der Waals surface area contributed by atoms with Crippen molar-refractivity contribution in [1.29, 1.82) is 0 Å². The van der Waals surface area contributed by atoms with Crippen LogP contribution in [0.5, 0.6) is 0 Å². The van der Waals surface area contributed by atoms with Crippen molar-refractivity contribution in [1.82, 2.24) is 0 Å². The zero-order valence-corrected chi connectivity index (χ0v) is 8.79. The van der Waals surface area contributed by atoms with E-state index in [0.717, 1.165) is 19.3 Å². The first-order valence-electron chi connectivity index (χ1n) is 5.74. The molecule has 2 aliphatic carbocycles. The van der Waals surface area contributed by atoms with E-state index in [1.807, 2.05) is 0 Å². The molecule has 2 rings (SSSR count). The van der Waals surface area contributed by atoms with Gasteiger partial charge in [-0.2, -0.15) is 0 Å². The first-order chi connectivity index (χ1) is 6.70. The second-order valence-corrected chi connectivity index (χ2v) is 4.79. The summed E-state index contributed by atoms with van der Waals surface area (Å²) in [5.41, 5.74) is 0. The molecule has 2 saturated carbocycles. The topological polar surface area (TPSA) is 34.1 Å². The van der Waals surface area contributed by atoms with Gasteiger partial charge in [0.05, 0.1) is 5.92 Å². The molecule has 0 aromatic heterocycles. The number of hydrogen-bond acceptors (Lipinski definition) is 2. The van der Waals surface area contributed by atoms with Gasteiger partial charge in [0.15, 0.2) is 0 Å². The third kappa shape index (κ3) is 1.62. The van der Waals surface area contributed by atoms with E-state index in [4.69, 9.17) is 0 Å². The van der Waals surface area contributed by atoms with Crippen LogP contribution in [0.15, 0.2) is 0 Å². The summed E-state index contributed by atoms with van der Waals surface area (Å²) < 4.78 is 0. The van der Waals surface area contributed by atoms with Crippen LogP contribution in [0.2, 0.25) is 0 Å². The van der Waals surface area contributed by atoms with Crippen molar-refractivity contribution in [3.8, 4) is 0 Å². The number of ketones is 2. The lowest BCUT2D eigenvalue weighted by molar-refractivity contribution is -0.139. The fourth-order valence-corrected chi connectivity index (χ4v) is 3.11. The first-order valence-corrected chi connectivity index (χ1v) is 5.74. The highest BCUT2D eigenvalue weighted by Crippen LogP contribution is 2.40. The van der Waals surface area contributed by atoms with Crippen molar-refractivity contribution in [3.63, 3.8) is 0 Å². The molecule has 0 heterocycles. The Labute approximate surface area is 85.1 Å². The van der Waals surface area contributed by atoms with E-state index in [1.54, 1.807) is 6.92 Å². The van der Waals surface area contributed by atoms with Gasteiger partial charge in [0.2, 0.25) is 0 Å². The van der Waals surface area contributed by atoms with Gasteiger partial charge in [0.1, 0.15) is 11.6 Å². The molecule has 0 bridgehead atoms. The molecule has 0 amide bonds. The number of carbonyl (C=O) groups excluding carboxylic acids is 2. The third-order valence-electron chi connectivity index (χ3n) is 3.93. The lowest BCUT2D eigenvalue weighted by Gasteiger charge is -2.37. The van der Waals surface area contributed by atoms with Crippen LogP contribution < -0.4 is 0 Å². The first kappa shape index (κ1) is 9.88.